The van der Waals surface area contributed by atoms with Gasteiger partial charge in [0.1, 0.15) is 0 Å². The average molecular weight is 230 g/mol. The molecular formula is C17H26. The van der Waals surface area contributed by atoms with E-state index in [0.29, 0.717) is 5.41 Å². The third kappa shape index (κ3) is 2.23. The van der Waals surface area contributed by atoms with Gasteiger partial charge in [-0.2, -0.15) is 0 Å². The Bertz CT molecular complexity index is 338. The fourth-order valence-corrected chi connectivity index (χ4v) is 4.37. The van der Waals surface area contributed by atoms with Crippen molar-refractivity contribution in [2.75, 3.05) is 0 Å². The first-order valence-electron chi connectivity index (χ1n) is 7.56. The molecule has 5 atom stereocenters. The summed E-state index contributed by atoms with van der Waals surface area (Å²) in [4.78, 5) is 0. The van der Waals surface area contributed by atoms with Gasteiger partial charge in [0.25, 0.3) is 0 Å². The number of fused-ring (bicyclic) bond motifs is 4. The zero-order chi connectivity index (χ0) is 11.9. The molecule has 0 radical (unpaired) electrons. The van der Waals surface area contributed by atoms with Crippen LogP contribution in [-0.4, -0.2) is 0 Å². The van der Waals surface area contributed by atoms with Crippen LogP contribution in [0.2, 0.25) is 0 Å². The zero-order valence-corrected chi connectivity index (χ0v) is 11.4. The second-order valence-corrected chi connectivity index (χ2v) is 6.96. The van der Waals surface area contributed by atoms with E-state index < -0.39 is 0 Å². The maximum absolute atomic E-state index is 2.43. The molecule has 0 heteroatoms. The summed E-state index contributed by atoms with van der Waals surface area (Å²) in [5.41, 5.74) is 0.630. The van der Waals surface area contributed by atoms with Gasteiger partial charge in [-0.1, -0.05) is 44.6 Å². The van der Waals surface area contributed by atoms with Gasteiger partial charge < -0.3 is 0 Å². The molecule has 0 aromatic carbocycles. The van der Waals surface area contributed by atoms with Crippen LogP contribution in [-0.2, 0) is 0 Å². The van der Waals surface area contributed by atoms with Gasteiger partial charge in [0.05, 0.1) is 0 Å². The number of rotatable bonds is 1. The minimum atomic E-state index is 0.630. The van der Waals surface area contributed by atoms with Gasteiger partial charge in [0.15, 0.2) is 0 Å². The molecule has 0 spiro atoms. The molecule has 4 bridgehead atoms. The zero-order valence-electron chi connectivity index (χ0n) is 11.4. The topological polar surface area (TPSA) is 0 Å². The van der Waals surface area contributed by atoms with Gasteiger partial charge in [0, 0.05) is 0 Å². The summed E-state index contributed by atoms with van der Waals surface area (Å²) in [6, 6.07) is 0. The fraction of sp³-hybridized carbons (Fsp3) is 0.765. The highest BCUT2D eigenvalue weighted by Gasteiger charge is 2.36. The molecule has 2 saturated carbocycles. The Morgan fingerprint density at radius 2 is 2.00 bits per heavy atom. The van der Waals surface area contributed by atoms with Gasteiger partial charge in [0.2, 0.25) is 0 Å². The van der Waals surface area contributed by atoms with E-state index in [1.54, 1.807) is 0 Å². The van der Waals surface area contributed by atoms with Crippen LogP contribution in [0.4, 0.5) is 0 Å². The maximum atomic E-state index is 2.43. The standard InChI is InChI=1S/C9H14.C8H12/c1-2-8-5-7-3-4-9(8)6-7;1-8-4-2-7(6-8)3-5-8/h3-4,7-9H,2,5-6H2,1H3;2,4,7H,3,5-6H2,1H3. The maximum Gasteiger partial charge on any atom is -0.0141 e. The van der Waals surface area contributed by atoms with E-state index in [9.17, 15) is 0 Å². The summed E-state index contributed by atoms with van der Waals surface area (Å²) >= 11 is 0. The van der Waals surface area contributed by atoms with Crippen molar-refractivity contribution >= 4 is 0 Å². The smallest absolute Gasteiger partial charge is 0.0141 e. The Hall–Kier alpha value is -0.520. The molecule has 0 aliphatic heterocycles. The molecular weight excluding hydrogens is 204 g/mol. The second-order valence-electron chi connectivity index (χ2n) is 6.96. The van der Waals surface area contributed by atoms with E-state index in [4.69, 9.17) is 0 Å². The largest absolute Gasteiger partial charge is 0.0851 e. The highest BCUT2D eigenvalue weighted by molar-refractivity contribution is 5.13. The monoisotopic (exact) mass is 230 g/mol. The highest BCUT2D eigenvalue weighted by atomic mass is 14.4. The summed E-state index contributed by atoms with van der Waals surface area (Å²) in [6.07, 6.45) is 18.3. The molecule has 0 nitrogen and oxygen atoms in total. The third-order valence-electron chi connectivity index (χ3n) is 5.53. The van der Waals surface area contributed by atoms with E-state index >= 15 is 0 Å². The summed E-state index contributed by atoms with van der Waals surface area (Å²) in [5.74, 6) is 3.94. The van der Waals surface area contributed by atoms with Crippen molar-refractivity contribution in [2.45, 2.75) is 52.4 Å². The SMILES string of the molecule is CC12C=CC(CC1)C2.CCC1CC2C=CC1C2. The molecule has 0 amide bonds. The normalized spacial score (nSPS) is 48.6. The molecule has 0 saturated heterocycles. The molecule has 4 aliphatic carbocycles. The van der Waals surface area contributed by atoms with Crippen molar-refractivity contribution in [1.82, 2.24) is 0 Å². The summed E-state index contributed by atoms with van der Waals surface area (Å²) in [6.45, 7) is 4.69. The summed E-state index contributed by atoms with van der Waals surface area (Å²) < 4.78 is 0. The first-order chi connectivity index (χ1) is 8.18. The van der Waals surface area contributed by atoms with E-state index in [2.05, 4.69) is 38.2 Å². The Morgan fingerprint density at radius 1 is 1.12 bits per heavy atom. The van der Waals surface area contributed by atoms with Crippen molar-refractivity contribution < 1.29 is 0 Å². The Labute approximate surface area is 106 Å². The van der Waals surface area contributed by atoms with Crippen LogP contribution < -0.4 is 0 Å². The quantitative estimate of drug-likeness (QED) is 0.558. The van der Waals surface area contributed by atoms with Gasteiger partial charge >= 0.3 is 0 Å². The van der Waals surface area contributed by atoms with Crippen LogP contribution in [0.25, 0.3) is 0 Å². The van der Waals surface area contributed by atoms with Crippen LogP contribution >= 0.6 is 0 Å². The Kier molecular flexibility index (Phi) is 2.92. The molecule has 0 heterocycles. The third-order valence-corrected chi connectivity index (χ3v) is 5.53. The Balaban J connectivity index is 0.000000107. The molecule has 2 fully saturated rings. The van der Waals surface area contributed by atoms with Crippen molar-refractivity contribution in [3.63, 3.8) is 0 Å². The highest BCUT2D eigenvalue weighted by Crippen LogP contribution is 2.48. The molecule has 0 aromatic rings. The first kappa shape index (κ1) is 11.6. The second kappa shape index (κ2) is 4.30. The van der Waals surface area contributed by atoms with Gasteiger partial charge in [-0.25, -0.2) is 0 Å². The lowest BCUT2D eigenvalue weighted by atomic mass is 9.91. The molecule has 17 heavy (non-hydrogen) atoms. The van der Waals surface area contributed by atoms with Crippen molar-refractivity contribution in [3.8, 4) is 0 Å². The number of hydrogen-bond acceptors (Lipinski definition) is 0. The predicted molar refractivity (Wildman–Crippen MR) is 73.7 cm³/mol. The molecule has 4 aliphatic rings. The lowest BCUT2D eigenvalue weighted by Gasteiger charge is -2.14. The van der Waals surface area contributed by atoms with E-state index in [1.165, 1.54) is 38.5 Å². The fourth-order valence-electron chi connectivity index (χ4n) is 4.37. The minimum absolute atomic E-state index is 0.630. The van der Waals surface area contributed by atoms with Gasteiger partial charge in [-0.15, -0.1) is 0 Å². The number of allylic oxidation sites excluding steroid dienone is 4. The van der Waals surface area contributed by atoms with Crippen molar-refractivity contribution in [1.29, 1.82) is 0 Å². The van der Waals surface area contributed by atoms with E-state index in [0.717, 1.165) is 23.7 Å². The summed E-state index contributed by atoms with van der Waals surface area (Å²) in [7, 11) is 0. The minimum Gasteiger partial charge on any atom is -0.0851 e. The molecule has 0 aromatic heterocycles. The number of hydrogen-bond donors (Lipinski definition) is 0. The van der Waals surface area contributed by atoms with Crippen LogP contribution in [0.1, 0.15) is 52.4 Å². The molecule has 5 unspecified atom stereocenters. The molecule has 0 N–H and O–H groups in total. The van der Waals surface area contributed by atoms with Crippen LogP contribution in [0.3, 0.4) is 0 Å². The lowest BCUT2D eigenvalue weighted by Crippen LogP contribution is -2.04. The lowest BCUT2D eigenvalue weighted by molar-refractivity contribution is 0.434. The first-order valence-corrected chi connectivity index (χ1v) is 7.56. The van der Waals surface area contributed by atoms with Gasteiger partial charge in [-0.3, -0.25) is 0 Å². The van der Waals surface area contributed by atoms with E-state index in [1.807, 2.05) is 0 Å². The van der Waals surface area contributed by atoms with Crippen LogP contribution in [0.5, 0.6) is 0 Å². The Morgan fingerprint density at radius 3 is 2.24 bits per heavy atom. The van der Waals surface area contributed by atoms with Crippen LogP contribution in [0.15, 0.2) is 24.3 Å². The molecule has 94 valence electrons. The predicted octanol–water partition coefficient (Wildman–Crippen LogP) is 4.97. The van der Waals surface area contributed by atoms with Crippen molar-refractivity contribution in [2.24, 2.45) is 29.1 Å². The molecule has 4 rings (SSSR count). The van der Waals surface area contributed by atoms with E-state index in [-0.39, 0.29) is 0 Å². The van der Waals surface area contributed by atoms with Gasteiger partial charge in [-0.05, 0) is 61.2 Å². The van der Waals surface area contributed by atoms with Crippen LogP contribution in [0, 0.1) is 29.1 Å². The van der Waals surface area contributed by atoms with Crippen molar-refractivity contribution in [3.05, 3.63) is 24.3 Å². The average Bonchev–Trinajstić information content (AvgIpc) is 3.07. The summed E-state index contributed by atoms with van der Waals surface area (Å²) in [5, 5.41) is 0.